The zero-order chi connectivity index (χ0) is 30.8. The van der Waals surface area contributed by atoms with Gasteiger partial charge in [-0.1, -0.05) is 62.2 Å². The van der Waals surface area contributed by atoms with Gasteiger partial charge in [-0.3, -0.25) is 4.79 Å². The van der Waals surface area contributed by atoms with E-state index in [0.717, 1.165) is 44.1 Å². The Morgan fingerprint density at radius 2 is 1.74 bits per heavy atom. The van der Waals surface area contributed by atoms with Gasteiger partial charge in [0, 0.05) is 24.2 Å². The Bertz CT molecular complexity index is 1520. The molecule has 5 rings (SSSR count). The van der Waals surface area contributed by atoms with E-state index < -0.39 is 27.8 Å². The smallest absolute Gasteiger partial charge is 0.253 e. The molecule has 8 heteroatoms. The number of rotatable bonds is 9. The minimum atomic E-state index is -3.97. The van der Waals surface area contributed by atoms with Crippen LogP contribution >= 0.6 is 0 Å². The first-order chi connectivity index (χ1) is 20.5. The highest BCUT2D eigenvalue weighted by atomic mass is 32.2. The Kier molecular flexibility index (Phi) is 9.30. The molecule has 0 saturated heterocycles. The number of amides is 1. The van der Waals surface area contributed by atoms with Crippen molar-refractivity contribution in [3.63, 3.8) is 0 Å². The van der Waals surface area contributed by atoms with Gasteiger partial charge in [-0.05, 0) is 93.3 Å². The predicted molar refractivity (Wildman–Crippen MR) is 169 cm³/mol. The van der Waals surface area contributed by atoms with E-state index >= 15 is 0 Å². The molecule has 3 aromatic rings. The summed E-state index contributed by atoms with van der Waals surface area (Å²) in [6, 6.07) is 21.5. The summed E-state index contributed by atoms with van der Waals surface area (Å²) in [5, 5.41) is 11.3. The van der Waals surface area contributed by atoms with Crippen molar-refractivity contribution in [1.29, 1.82) is 0 Å². The van der Waals surface area contributed by atoms with E-state index in [2.05, 4.69) is 29.0 Å². The number of ether oxygens (including phenoxy) is 1. The van der Waals surface area contributed by atoms with Gasteiger partial charge >= 0.3 is 0 Å². The van der Waals surface area contributed by atoms with Crippen LogP contribution in [0.2, 0.25) is 0 Å². The number of benzene rings is 3. The number of carbonyl (C=O) groups is 1. The van der Waals surface area contributed by atoms with Gasteiger partial charge in [0.25, 0.3) is 5.91 Å². The van der Waals surface area contributed by atoms with Crippen LogP contribution < -0.4 is 9.46 Å². The summed E-state index contributed by atoms with van der Waals surface area (Å²) >= 11 is 0. The van der Waals surface area contributed by atoms with E-state index in [4.69, 9.17) is 4.74 Å². The number of sulfonamides is 1. The fraction of sp³-hybridized carbons (Fsp3) is 0.457. The maximum Gasteiger partial charge on any atom is 0.253 e. The zero-order valence-electron chi connectivity index (χ0n) is 25.6. The van der Waals surface area contributed by atoms with E-state index in [-0.39, 0.29) is 16.8 Å². The molecule has 43 heavy (non-hydrogen) atoms. The second-order valence-electron chi connectivity index (χ2n) is 12.6. The van der Waals surface area contributed by atoms with Crippen LogP contribution in [0, 0.1) is 5.92 Å². The number of hydrogen-bond donors (Lipinski definition) is 2. The fourth-order valence-electron chi connectivity index (χ4n) is 6.46. The van der Waals surface area contributed by atoms with Crippen LogP contribution in [0.15, 0.2) is 77.7 Å². The molecule has 0 aromatic heterocycles. The minimum Gasteiger partial charge on any atom is -0.485 e. The molecule has 0 spiro atoms. The molecule has 0 bridgehead atoms. The van der Waals surface area contributed by atoms with Crippen molar-refractivity contribution >= 4 is 15.9 Å². The third-order valence-corrected chi connectivity index (χ3v) is 10.7. The average Bonchev–Trinajstić information content (AvgIpc) is 3.02. The number of aliphatic hydroxyl groups excluding tert-OH is 1. The van der Waals surface area contributed by atoms with Crippen molar-refractivity contribution in [2.75, 3.05) is 7.05 Å². The van der Waals surface area contributed by atoms with Gasteiger partial charge in [-0.25, -0.2) is 13.1 Å². The number of hydrogen-bond acceptors (Lipinski definition) is 5. The van der Waals surface area contributed by atoms with Crippen molar-refractivity contribution in [2.45, 2.75) is 94.4 Å². The number of aryl methyl sites for hydroxylation is 2. The molecule has 1 saturated carbocycles. The fourth-order valence-corrected chi connectivity index (χ4v) is 7.68. The molecule has 1 aliphatic heterocycles. The van der Waals surface area contributed by atoms with Crippen molar-refractivity contribution < 1.29 is 23.1 Å². The molecule has 0 radical (unpaired) electrons. The quantitative estimate of drug-likeness (QED) is 0.309. The Labute approximate surface area is 256 Å². The Morgan fingerprint density at radius 1 is 1.02 bits per heavy atom. The highest BCUT2D eigenvalue weighted by Gasteiger charge is 2.45. The van der Waals surface area contributed by atoms with Gasteiger partial charge in [0.2, 0.25) is 10.0 Å². The second kappa shape index (κ2) is 12.8. The lowest BCUT2D eigenvalue weighted by molar-refractivity contribution is -0.0603. The van der Waals surface area contributed by atoms with Crippen molar-refractivity contribution in [2.24, 2.45) is 5.92 Å². The molecule has 1 heterocycles. The number of carbonyl (C=O) groups excluding carboxylic acids is 1. The van der Waals surface area contributed by atoms with Gasteiger partial charge in [0.1, 0.15) is 17.5 Å². The molecule has 230 valence electrons. The van der Waals surface area contributed by atoms with Gasteiger partial charge in [0.15, 0.2) is 0 Å². The summed E-state index contributed by atoms with van der Waals surface area (Å²) in [6.45, 7) is 5.46. The largest absolute Gasteiger partial charge is 0.485 e. The van der Waals surface area contributed by atoms with E-state index in [9.17, 15) is 18.3 Å². The molecular formula is C35H44N2O5S. The molecular weight excluding hydrogens is 560 g/mol. The molecule has 2 unspecified atom stereocenters. The normalized spacial score (nSPS) is 23.2. The van der Waals surface area contributed by atoms with Gasteiger partial charge < -0.3 is 14.7 Å². The van der Waals surface area contributed by atoms with Crippen molar-refractivity contribution in [1.82, 2.24) is 9.62 Å². The highest BCUT2D eigenvalue weighted by molar-refractivity contribution is 7.89. The topological polar surface area (TPSA) is 95.9 Å². The summed E-state index contributed by atoms with van der Waals surface area (Å²) in [5.74, 6) is 0.892. The lowest BCUT2D eigenvalue weighted by Gasteiger charge is -2.42. The lowest BCUT2D eigenvalue weighted by Crippen LogP contribution is -2.53. The molecule has 3 aromatic carbocycles. The molecule has 2 N–H and O–H groups in total. The average molecular weight is 605 g/mol. The van der Waals surface area contributed by atoms with Gasteiger partial charge in [-0.2, -0.15) is 0 Å². The Balaban J connectivity index is 1.34. The van der Waals surface area contributed by atoms with Gasteiger partial charge in [-0.15, -0.1) is 0 Å². The highest BCUT2D eigenvalue weighted by Crippen LogP contribution is 2.41. The standard InChI is InChI=1S/C35H44N2O5S/c1-5-24-16-19-29(20-17-24)43(40,41)36-32-30-23-27(18-21-31(30)42-35(2,3)33(32)38)34(39)37(4)28-13-9-12-26(22-28)15-14-25-10-7-6-8-11-25/h6-8,10-11,16-21,23,26,28,32-33,36,38H,5,9,12-15,22H2,1-4H3/t26?,28?,32-,33+/m1/s1. The lowest BCUT2D eigenvalue weighted by atomic mass is 9.81. The first-order valence-electron chi connectivity index (χ1n) is 15.4. The minimum absolute atomic E-state index is 0.118. The van der Waals surface area contributed by atoms with Crippen LogP contribution in [0.5, 0.6) is 5.75 Å². The summed E-state index contributed by atoms with van der Waals surface area (Å²) in [7, 11) is -2.11. The third kappa shape index (κ3) is 6.97. The zero-order valence-corrected chi connectivity index (χ0v) is 26.4. The number of nitrogens with zero attached hydrogens (tertiary/aromatic N) is 1. The van der Waals surface area contributed by atoms with Crippen LogP contribution in [0.1, 0.15) is 86.0 Å². The van der Waals surface area contributed by atoms with E-state index in [0.29, 0.717) is 22.8 Å². The second-order valence-corrected chi connectivity index (χ2v) is 14.3. The van der Waals surface area contributed by atoms with Crippen LogP contribution in [0.3, 0.4) is 0 Å². The molecule has 7 nitrogen and oxygen atoms in total. The van der Waals surface area contributed by atoms with Crippen LogP contribution in [0.25, 0.3) is 0 Å². The van der Waals surface area contributed by atoms with Crippen LogP contribution in [0.4, 0.5) is 0 Å². The maximum atomic E-state index is 13.8. The molecule has 1 aliphatic carbocycles. The maximum absolute atomic E-state index is 13.8. The molecule has 4 atom stereocenters. The predicted octanol–water partition coefficient (Wildman–Crippen LogP) is 6.06. The number of nitrogens with one attached hydrogen (secondary N) is 1. The van der Waals surface area contributed by atoms with Crippen molar-refractivity contribution in [3.05, 3.63) is 95.1 Å². The van der Waals surface area contributed by atoms with Gasteiger partial charge in [0.05, 0.1) is 10.9 Å². The summed E-state index contributed by atoms with van der Waals surface area (Å²) in [5.41, 5.74) is 2.22. The first-order valence-corrected chi connectivity index (χ1v) is 16.9. The van der Waals surface area contributed by atoms with Crippen LogP contribution in [-0.2, 0) is 22.9 Å². The molecule has 2 aliphatic rings. The van der Waals surface area contributed by atoms with E-state index in [1.807, 2.05) is 24.9 Å². The Hall–Kier alpha value is -3.20. The summed E-state index contributed by atoms with van der Waals surface area (Å²) < 4.78 is 35.7. The molecule has 1 fully saturated rings. The van der Waals surface area contributed by atoms with Crippen LogP contribution in [-0.4, -0.2) is 49.1 Å². The summed E-state index contributed by atoms with van der Waals surface area (Å²) in [4.78, 5) is 15.7. The van der Waals surface area contributed by atoms with Crippen molar-refractivity contribution in [3.8, 4) is 5.75 Å². The van der Waals surface area contributed by atoms with E-state index in [1.165, 1.54) is 12.0 Å². The first kappa shape index (κ1) is 31.2. The number of fused-ring (bicyclic) bond motifs is 1. The Morgan fingerprint density at radius 3 is 2.44 bits per heavy atom. The molecule has 1 amide bonds. The van der Waals surface area contributed by atoms with E-state index in [1.54, 1.807) is 56.3 Å². The SMILES string of the molecule is CCc1ccc(S(=O)(=O)N[C@@H]2c3cc(C(=O)N(C)C4CCCC(CCc5ccccc5)C4)ccc3OC(C)(C)[C@H]2O)cc1. The monoisotopic (exact) mass is 604 g/mol. The number of aliphatic hydroxyl groups is 1. The third-order valence-electron chi connectivity index (χ3n) is 9.22. The summed E-state index contributed by atoms with van der Waals surface area (Å²) in [6.07, 6.45) is 5.96.